The van der Waals surface area contributed by atoms with E-state index in [9.17, 15) is 14.7 Å². The number of hydrogen-bond donors (Lipinski definition) is 3. The fourth-order valence-electron chi connectivity index (χ4n) is 2.35. The quantitative estimate of drug-likeness (QED) is 0.677. The molecule has 7 nitrogen and oxygen atoms in total. The molecule has 0 aliphatic carbocycles. The van der Waals surface area contributed by atoms with Crippen LogP contribution in [-0.4, -0.2) is 20.7 Å². The number of fused-ring (bicyclic) bond motifs is 1. The zero-order chi connectivity index (χ0) is 16.6. The summed E-state index contributed by atoms with van der Waals surface area (Å²) >= 11 is 0. The first-order chi connectivity index (χ1) is 11.0. The lowest BCUT2D eigenvalue weighted by atomic mass is 10.2. The van der Waals surface area contributed by atoms with Crippen molar-refractivity contribution in [3.8, 4) is 5.75 Å². The Balaban J connectivity index is 2.19. The molecule has 1 aromatic heterocycles. The maximum absolute atomic E-state index is 12.6. The van der Waals surface area contributed by atoms with Crippen LogP contribution >= 0.6 is 0 Å². The molecule has 2 aromatic carbocycles. The minimum Gasteiger partial charge on any atom is -0.506 e. The molecule has 116 valence electrons. The van der Waals surface area contributed by atoms with E-state index in [-0.39, 0.29) is 27.8 Å². The normalized spacial score (nSPS) is 10.7. The third kappa shape index (κ3) is 2.48. The summed E-state index contributed by atoms with van der Waals surface area (Å²) in [4.78, 5) is 28.3. The van der Waals surface area contributed by atoms with Crippen LogP contribution in [-0.2, 0) is 0 Å². The molecule has 0 radical (unpaired) electrons. The number of phenolic OH excluding ortho intramolecular Hbond substituents is 1. The molecule has 23 heavy (non-hydrogen) atoms. The Labute approximate surface area is 131 Å². The Kier molecular flexibility index (Phi) is 3.46. The number of carbonyl (C=O) groups excluding carboxylic acids is 1. The topological polar surface area (TPSA) is 110 Å². The van der Waals surface area contributed by atoms with Crippen molar-refractivity contribution >= 4 is 22.5 Å². The van der Waals surface area contributed by atoms with Crippen LogP contribution in [0.15, 0.2) is 47.3 Å². The summed E-state index contributed by atoms with van der Waals surface area (Å²) < 4.78 is 1.21. The number of rotatable bonds is 3. The lowest BCUT2D eigenvalue weighted by Crippen LogP contribution is -2.30. The minimum atomic E-state index is -0.606. The van der Waals surface area contributed by atoms with E-state index in [1.165, 1.54) is 10.7 Å². The molecule has 0 saturated carbocycles. The third-order valence-electron chi connectivity index (χ3n) is 3.47. The Hall–Kier alpha value is -3.35. The summed E-state index contributed by atoms with van der Waals surface area (Å²) in [6.45, 7) is 1.62. The highest BCUT2D eigenvalue weighted by Crippen LogP contribution is 2.20. The summed E-state index contributed by atoms with van der Waals surface area (Å²) in [6, 6.07) is 11.2. The Morgan fingerprint density at radius 1 is 1.22 bits per heavy atom. The van der Waals surface area contributed by atoms with Crippen LogP contribution in [0, 0.1) is 6.92 Å². The predicted molar refractivity (Wildman–Crippen MR) is 86.4 cm³/mol. The summed E-state index contributed by atoms with van der Waals surface area (Å²) in [6.07, 6.45) is 0. The number of hydrogen-bond acceptors (Lipinski definition) is 5. The van der Waals surface area contributed by atoms with Gasteiger partial charge in [0, 0.05) is 0 Å². The van der Waals surface area contributed by atoms with Crippen molar-refractivity contribution in [3.63, 3.8) is 0 Å². The monoisotopic (exact) mass is 310 g/mol. The Morgan fingerprint density at radius 2 is 1.96 bits per heavy atom. The van der Waals surface area contributed by atoms with Crippen molar-refractivity contribution in [2.75, 3.05) is 5.43 Å². The van der Waals surface area contributed by atoms with Crippen LogP contribution in [0.5, 0.6) is 5.75 Å². The third-order valence-corrected chi connectivity index (χ3v) is 3.47. The molecule has 7 heteroatoms. The molecule has 1 heterocycles. The molecule has 4 N–H and O–H groups in total. The van der Waals surface area contributed by atoms with Crippen molar-refractivity contribution in [3.05, 3.63) is 64.2 Å². The van der Waals surface area contributed by atoms with Gasteiger partial charge in [-0.3, -0.25) is 15.0 Å². The summed E-state index contributed by atoms with van der Waals surface area (Å²) in [5, 5.41) is 10.1. The van der Waals surface area contributed by atoms with Crippen LogP contribution in [0.2, 0.25) is 0 Å². The number of primary amides is 1. The highest BCUT2D eigenvalue weighted by atomic mass is 16.3. The SMILES string of the molecule is Cc1nc2c(O)cccc2c(=O)n1Nc1ccccc1C(N)=O. The van der Waals surface area contributed by atoms with Gasteiger partial charge in [0.1, 0.15) is 17.1 Å². The van der Waals surface area contributed by atoms with E-state index >= 15 is 0 Å². The number of benzene rings is 2. The standard InChI is InChI=1S/C16H14N4O3/c1-9-18-14-11(6-4-8-13(14)21)16(23)20(9)19-12-7-3-2-5-10(12)15(17)22/h2-8,19,21H,1H3,(H2,17,22). The maximum Gasteiger partial charge on any atom is 0.280 e. The van der Waals surface area contributed by atoms with Gasteiger partial charge >= 0.3 is 0 Å². The first-order valence-corrected chi connectivity index (χ1v) is 6.86. The van der Waals surface area contributed by atoms with Crippen LogP contribution < -0.4 is 16.7 Å². The van der Waals surface area contributed by atoms with Crippen LogP contribution in [0.25, 0.3) is 10.9 Å². The number of anilines is 1. The average molecular weight is 310 g/mol. The average Bonchev–Trinajstić information content (AvgIpc) is 2.53. The molecule has 3 rings (SSSR count). The number of para-hydroxylation sites is 2. The van der Waals surface area contributed by atoms with E-state index in [1.807, 2.05) is 0 Å². The van der Waals surface area contributed by atoms with Gasteiger partial charge in [-0.25, -0.2) is 9.66 Å². The van der Waals surface area contributed by atoms with Gasteiger partial charge < -0.3 is 10.8 Å². The van der Waals surface area contributed by atoms with Crippen LogP contribution in [0.4, 0.5) is 5.69 Å². The van der Waals surface area contributed by atoms with E-state index in [2.05, 4.69) is 10.4 Å². The number of nitrogens with two attached hydrogens (primary N) is 1. The molecular weight excluding hydrogens is 296 g/mol. The van der Waals surface area contributed by atoms with Crippen LogP contribution in [0.1, 0.15) is 16.2 Å². The molecule has 0 aliphatic heterocycles. The van der Waals surface area contributed by atoms with Crippen molar-refractivity contribution < 1.29 is 9.90 Å². The fourth-order valence-corrected chi connectivity index (χ4v) is 2.35. The number of carbonyl (C=O) groups is 1. The number of aryl methyl sites for hydroxylation is 1. The Bertz CT molecular complexity index is 979. The molecule has 1 amide bonds. The van der Waals surface area contributed by atoms with E-state index in [4.69, 9.17) is 5.73 Å². The lowest BCUT2D eigenvalue weighted by molar-refractivity contribution is 0.100. The molecule has 0 atom stereocenters. The Morgan fingerprint density at radius 3 is 2.70 bits per heavy atom. The van der Waals surface area contributed by atoms with Crippen molar-refractivity contribution in [1.29, 1.82) is 0 Å². The predicted octanol–water partition coefficient (Wildman–Crippen LogP) is 1.38. The number of amides is 1. The molecule has 0 aliphatic rings. The van der Waals surface area contributed by atoms with E-state index in [0.29, 0.717) is 11.5 Å². The van der Waals surface area contributed by atoms with Gasteiger partial charge in [0.15, 0.2) is 0 Å². The first-order valence-electron chi connectivity index (χ1n) is 6.86. The summed E-state index contributed by atoms with van der Waals surface area (Å²) in [5.74, 6) is -0.333. The molecular formula is C16H14N4O3. The van der Waals surface area contributed by atoms with Crippen molar-refractivity contribution in [2.24, 2.45) is 5.73 Å². The van der Waals surface area contributed by atoms with Crippen LogP contribution in [0.3, 0.4) is 0 Å². The molecule has 3 aromatic rings. The molecule has 0 fully saturated rings. The fraction of sp³-hybridized carbons (Fsp3) is 0.0625. The van der Waals surface area contributed by atoms with Crippen molar-refractivity contribution in [1.82, 2.24) is 9.66 Å². The second-order valence-corrected chi connectivity index (χ2v) is 4.99. The highest BCUT2D eigenvalue weighted by molar-refractivity contribution is 5.98. The second kappa shape index (κ2) is 5.45. The second-order valence-electron chi connectivity index (χ2n) is 4.99. The largest absolute Gasteiger partial charge is 0.506 e. The molecule has 0 unspecified atom stereocenters. The molecule has 0 spiro atoms. The summed E-state index contributed by atoms with van der Waals surface area (Å²) in [7, 11) is 0. The van der Waals surface area contributed by atoms with Gasteiger partial charge in [-0.2, -0.15) is 0 Å². The smallest absolute Gasteiger partial charge is 0.280 e. The van der Waals surface area contributed by atoms with E-state index in [0.717, 1.165) is 0 Å². The number of aromatic hydroxyl groups is 1. The highest BCUT2D eigenvalue weighted by Gasteiger charge is 2.13. The van der Waals surface area contributed by atoms with Gasteiger partial charge in [0.25, 0.3) is 11.5 Å². The molecule has 0 saturated heterocycles. The minimum absolute atomic E-state index is 0.0626. The first kappa shape index (κ1) is 14.6. The number of nitrogens with zero attached hydrogens (tertiary/aromatic N) is 2. The number of aromatic nitrogens is 2. The van der Waals surface area contributed by atoms with Gasteiger partial charge in [-0.1, -0.05) is 18.2 Å². The maximum atomic E-state index is 12.6. The zero-order valence-corrected chi connectivity index (χ0v) is 12.3. The van der Waals surface area contributed by atoms with E-state index in [1.54, 1.807) is 43.3 Å². The van der Waals surface area contributed by atoms with Gasteiger partial charge in [0.2, 0.25) is 0 Å². The van der Waals surface area contributed by atoms with Gasteiger partial charge in [-0.05, 0) is 31.2 Å². The number of phenols is 1. The number of nitrogens with one attached hydrogen (secondary N) is 1. The molecule has 0 bridgehead atoms. The summed E-state index contributed by atoms with van der Waals surface area (Å²) in [5.41, 5.74) is 8.70. The zero-order valence-electron chi connectivity index (χ0n) is 12.3. The lowest BCUT2D eigenvalue weighted by Gasteiger charge is -2.15. The van der Waals surface area contributed by atoms with Crippen molar-refractivity contribution in [2.45, 2.75) is 6.92 Å². The van der Waals surface area contributed by atoms with Gasteiger partial charge in [0.05, 0.1) is 16.6 Å². The van der Waals surface area contributed by atoms with Gasteiger partial charge in [-0.15, -0.1) is 0 Å². The van der Waals surface area contributed by atoms with E-state index < -0.39 is 5.91 Å².